The fourth-order valence-corrected chi connectivity index (χ4v) is 1.90. The average molecular weight is 281 g/mol. The van der Waals surface area contributed by atoms with Crippen LogP contribution >= 0.6 is 9.24 Å². The standard InChI is InChI=1S/C7H5N3O2.C6H15P/c11-10(12)5-1-2-6-7(3-5)9-4-8-6;1-2-3-4-5-6-7/h1-4H,(H,8,9);2-7H2,1H3. The van der Waals surface area contributed by atoms with Crippen LogP contribution < -0.4 is 0 Å². The second-order valence-electron chi connectivity index (χ2n) is 4.21. The SMILES string of the molecule is CCCCCCP.O=[N+]([O-])c1ccc2nc[nH]c2c1. The van der Waals surface area contributed by atoms with Crippen molar-refractivity contribution in [3.05, 3.63) is 34.6 Å². The highest BCUT2D eigenvalue weighted by atomic mass is 31.0. The Balaban J connectivity index is 0.000000224. The van der Waals surface area contributed by atoms with Gasteiger partial charge in [0.1, 0.15) is 0 Å². The van der Waals surface area contributed by atoms with Crippen LogP contribution in [0.3, 0.4) is 0 Å². The van der Waals surface area contributed by atoms with Gasteiger partial charge in [0.05, 0.1) is 22.3 Å². The Morgan fingerprint density at radius 3 is 2.79 bits per heavy atom. The molecule has 0 saturated carbocycles. The topological polar surface area (TPSA) is 71.8 Å². The summed E-state index contributed by atoms with van der Waals surface area (Å²) in [5.74, 6) is 0. The summed E-state index contributed by atoms with van der Waals surface area (Å²) in [5.41, 5.74) is 1.50. The number of aromatic nitrogens is 2. The van der Waals surface area contributed by atoms with Crippen molar-refractivity contribution in [1.82, 2.24) is 9.97 Å². The molecule has 2 aromatic rings. The van der Waals surface area contributed by atoms with E-state index in [2.05, 4.69) is 26.1 Å². The Morgan fingerprint density at radius 2 is 2.16 bits per heavy atom. The number of hydrogen-bond donors (Lipinski definition) is 1. The maximum absolute atomic E-state index is 10.3. The van der Waals surface area contributed by atoms with Gasteiger partial charge in [-0.05, 0) is 18.6 Å². The number of aromatic amines is 1. The van der Waals surface area contributed by atoms with Gasteiger partial charge in [-0.15, -0.1) is 9.24 Å². The van der Waals surface area contributed by atoms with Crippen molar-refractivity contribution in [2.75, 3.05) is 6.16 Å². The van der Waals surface area contributed by atoms with Crippen molar-refractivity contribution in [1.29, 1.82) is 0 Å². The van der Waals surface area contributed by atoms with E-state index in [1.165, 1.54) is 50.3 Å². The van der Waals surface area contributed by atoms with Crippen molar-refractivity contribution in [3.8, 4) is 0 Å². The van der Waals surface area contributed by atoms with E-state index in [1.54, 1.807) is 6.07 Å². The third kappa shape index (κ3) is 5.35. The fourth-order valence-electron chi connectivity index (χ4n) is 1.61. The molecule has 2 rings (SSSR count). The van der Waals surface area contributed by atoms with Gasteiger partial charge in [-0.3, -0.25) is 10.1 Å². The van der Waals surface area contributed by atoms with E-state index in [4.69, 9.17) is 0 Å². The number of nitro groups is 1. The summed E-state index contributed by atoms with van der Waals surface area (Å²) < 4.78 is 0. The molecule has 0 fully saturated rings. The van der Waals surface area contributed by atoms with Crippen molar-refractivity contribution in [2.24, 2.45) is 0 Å². The predicted octanol–water partition coefficient (Wildman–Crippen LogP) is 3.91. The summed E-state index contributed by atoms with van der Waals surface area (Å²) >= 11 is 0. The molecule has 1 atom stereocenters. The Morgan fingerprint density at radius 1 is 1.37 bits per heavy atom. The molecule has 0 aliphatic rings. The molecular formula is C13H20N3O2P. The molecule has 1 aromatic carbocycles. The first-order valence-corrected chi connectivity index (χ1v) is 7.28. The van der Waals surface area contributed by atoms with Crippen molar-refractivity contribution in [3.63, 3.8) is 0 Å². The number of unbranched alkanes of at least 4 members (excludes halogenated alkanes) is 3. The second kappa shape index (κ2) is 8.59. The van der Waals surface area contributed by atoms with E-state index in [0.717, 1.165) is 5.52 Å². The molecule has 0 radical (unpaired) electrons. The zero-order valence-electron chi connectivity index (χ0n) is 11.1. The minimum Gasteiger partial charge on any atom is -0.344 e. The molecule has 6 heteroatoms. The molecule has 5 nitrogen and oxygen atoms in total. The number of benzene rings is 1. The van der Waals surface area contributed by atoms with Crippen LogP contribution in [0.5, 0.6) is 0 Å². The number of nitrogens with one attached hydrogen (secondary N) is 1. The number of non-ortho nitro benzene ring substituents is 1. The van der Waals surface area contributed by atoms with Gasteiger partial charge >= 0.3 is 0 Å². The van der Waals surface area contributed by atoms with Crippen LogP contribution in [0.1, 0.15) is 32.6 Å². The number of nitro benzene ring substituents is 1. The third-order valence-electron chi connectivity index (χ3n) is 2.67. The molecule has 0 spiro atoms. The van der Waals surface area contributed by atoms with Gasteiger partial charge in [0.25, 0.3) is 5.69 Å². The number of H-pyrrole nitrogens is 1. The minimum atomic E-state index is -0.430. The van der Waals surface area contributed by atoms with E-state index in [9.17, 15) is 10.1 Å². The summed E-state index contributed by atoms with van der Waals surface area (Å²) in [6, 6.07) is 4.51. The van der Waals surface area contributed by atoms with Crippen LogP contribution in [0.15, 0.2) is 24.5 Å². The fraction of sp³-hybridized carbons (Fsp3) is 0.462. The number of imidazole rings is 1. The van der Waals surface area contributed by atoms with Gasteiger partial charge < -0.3 is 4.98 Å². The highest BCUT2D eigenvalue weighted by Crippen LogP contribution is 2.16. The largest absolute Gasteiger partial charge is 0.344 e. The van der Waals surface area contributed by atoms with Gasteiger partial charge in [-0.1, -0.05) is 26.2 Å². The number of rotatable bonds is 5. The second-order valence-corrected chi connectivity index (χ2v) is 4.79. The van der Waals surface area contributed by atoms with E-state index in [-0.39, 0.29) is 5.69 Å². The van der Waals surface area contributed by atoms with Crippen LogP contribution in [0.2, 0.25) is 0 Å². The smallest absolute Gasteiger partial charge is 0.271 e. The molecule has 1 heterocycles. The van der Waals surface area contributed by atoms with Crippen LogP contribution in [0, 0.1) is 10.1 Å². The summed E-state index contributed by atoms with van der Waals surface area (Å²) in [7, 11) is 2.75. The Hall–Kier alpha value is -1.48. The lowest BCUT2D eigenvalue weighted by atomic mass is 10.2. The van der Waals surface area contributed by atoms with Gasteiger partial charge in [0, 0.05) is 12.1 Å². The van der Waals surface area contributed by atoms with Gasteiger partial charge in [0.2, 0.25) is 0 Å². The Labute approximate surface area is 115 Å². The lowest BCUT2D eigenvalue weighted by Crippen LogP contribution is -1.86. The molecule has 0 amide bonds. The molecule has 0 saturated heterocycles. The number of nitrogens with zero attached hydrogens (tertiary/aromatic N) is 2. The average Bonchev–Trinajstić information content (AvgIpc) is 2.87. The maximum Gasteiger partial charge on any atom is 0.271 e. The maximum atomic E-state index is 10.3. The van der Waals surface area contributed by atoms with Crippen molar-refractivity contribution < 1.29 is 4.92 Å². The van der Waals surface area contributed by atoms with Crippen LogP contribution in [-0.2, 0) is 0 Å². The predicted molar refractivity (Wildman–Crippen MR) is 81.5 cm³/mol. The van der Waals surface area contributed by atoms with E-state index < -0.39 is 4.92 Å². The molecule has 1 unspecified atom stereocenters. The zero-order chi connectivity index (χ0) is 14.1. The first kappa shape index (κ1) is 15.6. The van der Waals surface area contributed by atoms with Crippen LogP contribution in [0.4, 0.5) is 5.69 Å². The normalized spacial score (nSPS) is 10.0. The number of hydrogen-bond acceptors (Lipinski definition) is 3. The molecule has 0 aliphatic carbocycles. The Kier molecular flexibility index (Phi) is 7.04. The molecule has 104 valence electrons. The van der Waals surface area contributed by atoms with Gasteiger partial charge in [-0.2, -0.15) is 0 Å². The van der Waals surface area contributed by atoms with Crippen LogP contribution in [0.25, 0.3) is 11.0 Å². The molecule has 1 aromatic heterocycles. The van der Waals surface area contributed by atoms with E-state index in [0.29, 0.717) is 5.52 Å². The van der Waals surface area contributed by atoms with Crippen LogP contribution in [-0.4, -0.2) is 21.1 Å². The molecular weight excluding hydrogens is 261 g/mol. The molecule has 1 N–H and O–H groups in total. The quantitative estimate of drug-likeness (QED) is 0.391. The first-order chi connectivity index (χ1) is 9.19. The van der Waals surface area contributed by atoms with Crippen molar-refractivity contribution in [2.45, 2.75) is 32.6 Å². The highest BCUT2D eigenvalue weighted by molar-refractivity contribution is 7.16. The highest BCUT2D eigenvalue weighted by Gasteiger charge is 2.05. The summed E-state index contributed by atoms with van der Waals surface area (Å²) in [6.07, 6.45) is 8.35. The minimum absolute atomic E-state index is 0.0757. The summed E-state index contributed by atoms with van der Waals surface area (Å²) in [4.78, 5) is 16.6. The molecule has 0 aliphatic heterocycles. The van der Waals surface area contributed by atoms with Gasteiger partial charge in [0.15, 0.2) is 0 Å². The zero-order valence-corrected chi connectivity index (χ0v) is 12.3. The van der Waals surface area contributed by atoms with Crippen molar-refractivity contribution >= 4 is 26.0 Å². The summed E-state index contributed by atoms with van der Waals surface area (Å²) in [6.45, 7) is 2.24. The first-order valence-electron chi connectivity index (χ1n) is 6.46. The van der Waals surface area contributed by atoms with E-state index in [1.807, 2.05) is 0 Å². The Bertz CT molecular complexity index is 509. The van der Waals surface area contributed by atoms with Gasteiger partial charge in [-0.25, -0.2) is 4.98 Å². The van der Waals surface area contributed by atoms with E-state index >= 15 is 0 Å². The number of fused-ring (bicyclic) bond motifs is 1. The summed E-state index contributed by atoms with van der Waals surface area (Å²) in [5, 5.41) is 10.3. The monoisotopic (exact) mass is 281 g/mol. The molecule has 19 heavy (non-hydrogen) atoms. The lowest BCUT2D eigenvalue weighted by Gasteiger charge is -1.90. The molecule has 0 bridgehead atoms. The third-order valence-corrected chi connectivity index (χ3v) is 3.08. The lowest BCUT2D eigenvalue weighted by molar-refractivity contribution is -0.384.